The highest BCUT2D eigenvalue weighted by atomic mass is 16.2. The third kappa shape index (κ3) is 5.08. The van der Waals surface area contributed by atoms with Gasteiger partial charge >= 0.3 is 0 Å². The number of para-hydroxylation sites is 2. The van der Waals surface area contributed by atoms with E-state index in [9.17, 15) is 9.59 Å². The first-order chi connectivity index (χ1) is 13.2. The number of benzene rings is 2. The molecule has 3 rings (SSSR count). The molecule has 0 aliphatic carbocycles. The Labute approximate surface area is 160 Å². The van der Waals surface area contributed by atoms with E-state index in [0.29, 0.717) is 44.8 Å². The van der Waals surface area contributed by atoms with Crippen molar-refractivity contribution in [3.63, 3.8) is 0 Å². The molecule has 6 heteroatoms. The number of carbonyl (C=O) groups is 2. The highest BCUT2D eigenvalue weighted by Crippen LogP contribution is 2.22. The lowest BCUT2D eigenvalue weighted by atomic mass is 10.1. The molecular formula is C21H26N4O2. The standard InChI is InChI=1S/C21H26N4O2/c1-2-22-20(26)16-24-12-14-25(15-13-24)21(27)18-10-6-7-11-19(18)23-17-8-4-3-5-9-17/h3-11,23H,2,12-16H2,1H3,(H,22,26). The molecular weight excluding hydrogens is 340 g/mol. The van der Waals surface area contributed by atoms with Crippen molar-refractivity contribution in [3.8, 4) is 0 Å². The van der Waals surface area contributed by atoms with Crippen molar-refractivity contribution in [1.29, 1.82) is 0 Å². The van der Waals surface area contributed by atoms with Gasteiger partial charge in [0.15, 0.2) is 0 Å². The summed E-state index contributed by atoms with van der Waals surface area (Å²) >= 11 is 0. The molecule has 2 aromatic carbocycles. The van der Waals surface area contributed by atoms with Crippen molar-refractivity contribution in [2.75, 3.05) is 44.6 Å². The fourth-order valence-electron chi connectivity index (χ4n) is 3.19. The van der Waals surface area contributed by atoms with Gasteiger partial charge in [-0.1, -0.05) is 30.3 Å². The average Bonchev–Trinajstić information content (AvgIpc) is 2.69. The van der Waals surface area contributed by atoms with Crippen molar-refractivity contribution >= 4 is 23.2 Å². The van der Waals surface area contributed by atoms with Crippen LogP contribution in [-0.2, 0) is 4.79 Å². The number of amides is 2. The SMILES string of the molecule is CCNC(=O)CN1CCN(C(=O)c2ccccc2Nc2ccccc2)CC1. The summed E-state index contributed by atoms with van der Waals surface area (Å²) in [6.07, 6.45) is 0. The highest BCUT2D eigenvalue weighted by molar-refractivity contribution is 6.00. The minimum absolute atomic E-state index is 0.0201. The number of nitrogens with zero attached hydrogens (tertiary/aromatic N) is 2. The van der Waals surface area contributed by atoms with Gasteiger partial charge in [-0.15, -0.1) is 0 Å². The van der Waals surface area contributed by atoms with Crippen molar-refractivity contribution in [2.24, 2.45) is 0 Å². The zero-order chi connectivity index (χ0) is 19.1. The molecule has 2 amide bonds. The molecule has 0 saturated carbocycles. The van der Waals surface area contributed by atoms with Gasteiger partial charge in [0.25, 0.3) is 5.91 Å². The second kappa shape index (κ2) is 9.19. The lowest BCUT2D eigenvalue weighted by Crippen LogP contribution is -2.51. The van der Waals surface area contributed by atoms with Gasteiger partial charge in [-0.25, -0.2) is 0 Å². The van der Waals surface area contributed by atoms with Crippen LogP contribution in [0, 0.1) is 0 Å². The molecule has 1 heterocycles. The Morgan fingerprint density at radius 3 is 2.30 bits per heavy atom. The number of carbonyl (C=O) groups excluding carboxylic acids is 2. The second-order valence-corrected chi connectivity index (χ2v) is 6.56. The Kier molecular flexibility index (Phi) is 6.44. The van der Waals surface area contributed by atoms with Crippen LogP contribution in [0.2, 0.25) is 0 Å². The van der Waals surface area contributed by atoms with Gasteiger partial charge in [0.2, 0.25) is 5.91 Å². The van der Waals surface area contributed by atoms with E-state index >= 15 is 0 Å². The fourth-order valence-corrected chi connectivity index (χ4v) is 3.19. The van der Waals surface area contributed by atoms with Crippen LogP contribution in [-0.4, -0.2) is 60.9 Å². The lowest BCUT2D eigenvalue weighted by molar-refractivity contribution is -0.122. The number of hydrogen-bond donors (Lipinski definition) is 2. The molecule has 0 unspecified atom stereocenters. The number of rotatable bonds is 6. The van der Waals surface area contributed by atoms with Crippen molar-refractivity contribution in [2.45, 2.75) is 6.92 Å². The zero-order valence-corrected chi connectivity index (χ0v) is 15.6. The molecule has 6 nitrogen and oxygen atoms in total. The van der Waals surface area contributed by atoms with Gasteiger partial charge in [-0.2, -0.15) is 0 Å². The minimum Gasteiger partial charge on any atom is -0.355 e. The summed E-state index contributed by atoms with van der Waals surface area (Å²) < 4.78 is 0. The summed E-state index contributed by atoms with van der Waals surface area (Å²) in [5.74, 6) is 0.0568. The second-order valence-electron chi connectivity index (χ2n) is 6.56. The highest BCUT2D eigenvalue weighted by Gasteiger charge is 2.24. The molecule has 1 aliphatic heterocycles. The molecule has 2 aromatic rings. The summed E-state index contributed by atoms with van der Waals surface area (Å²) in [5, 5.41) is 6.14. The Morgan fingerprint density at radius 1 is 0.926 bits per heavy atom. The van der Waals surface area contributed by atoms with Crippen molar-refractivity contribution < 1.29 is 9.59 Å². The molecule has 1 saturated heterocycles. The lowest BCUT2D eigenvalue weighted by Gasteiger charge is -2.34. The maximum absolute atomic E-state index is 13.0. The van der Waals surface area contributed by atoms with Crippen LogP contribution in [0.4, 0.5) is 11.4 Å². The molecule has 0 radical (unpaired) electrons. The van der Waals surface area contributed by atoms with E-state index in [1.165, 1.54) is 0 Å². The van der Waals surface area contributed by atoms with Gasteiger partial charge in [0.1, 0.15) is 0 Å². The van der Waals surface area contributed by atoms with Gasteiger partial charge in [0.05, 0.1) is 17.8 Å². The molecule has 0 bridgehead atoms. The fraction of sp³-hybridized carbons (Fsp3) is 0.333. The van der Waals surface area contributed by atoms with E-state index in [4.69, 9.17) is 0 Å². The van der Waals surface area contributed by atoms with E-state index < -0.39 is 0 Å². The molecule has 27 heavy (non-hydrogen) atoms. The van der Waals surface area contributed by atoms with E-state index in [-0.39, 0.29) is 11.8 Å². The average molecular weight is 366 g/mol. The largest absolute Gasteiger partial charge is 0.355 e. The third-order valence-corrected chi connectivity index (χ3v) is 4.61. The summed E-state index contributed by atoms with van der Waals surface area (Å²) in [5.41, 5.74) is 2.42. The molecule has 0 spiro atoms. The van der Waals surface area contributed by atoms with Crippen molar-refractivity contribution in [1.82, 2.24) is 15.1 Å². The number of likely N-dealkylation sites (N-methyl/N-ethyl adjacent to an activating group) is 1. The van der Waals surface area contributed by atoms with Gasteiger partial charge in [0, 0.05) is 38.4 Å². The quantitative estimate of drug-likeness (QED) is 0.824. The Balaban J connectivity index is 1.63. The molecule has 0 atom stereocenters. The van der Waals surface area contributed by atoms with Crippen LogP contribution < -0.4 is 10.6 Å². The summed E-state index contributed by atoms with van der Waals surface area (Å²) in [7, 11) is 0. The van der Waals surface area contributed by atoms with Crippen LogP contribution in [0.5, 0.6) is 0 Å². The Morgan fingerprint density at radius 2 is 1.59 bits per heavy atom. The molecule has 1 fully saturated rings. The van der Waals surface area contributed by atoms with Crippen LogP contribution in [0.1, 0.15) is 17.3 Å². The molecule has 0 aromatic heterocycles. The third-order valence-electron chi connectivity index (χ3n) is 4.61. The topological polar surface area (TPSA) is 64.7 Å². The first-order valence-corrected chi connectivity index (χ1v) is 9.37. The molecule has 142 valence electrons. The van der Waals surface area contributed by atoms with Crippen LogP contribution in [0.15, 0.2) is 54.6 Å². The summed E-state index contributed by atoms with van der Waals surface area (Å²) in [6, 6.07) is 17.4. The Bertz CT molecular complexity index is 771. The number of nitrogens with one attached hydrogen (secondary N) is 2. The first-order valence-electron chi connectivity index (χ1n) is 9.37. The number of anilines is 2. The van der Waals surface area contributed by atoms with E-state index in [1.807, 2.05) is 66.4 Å². The molecule has 2 N–H and O–H groups in total. The predicted octanol–water partition coefficient (Wildman–Crippen LogP) is 2.32. The zero-order valence-electron chi connectivity index (χ0n) is 15.6. The summed E-state index contributed by atoms with van der Waals surface area (Å²) in [4.78, 5) is 28.7. The van der Waals surface area contributed by atoms with E-state index in [0.717, 1.165) is 11.4 Å². The Hall–Kier alpha value is -2.86. The number of hydrogen-bond acceptors (Lipinski definition) is 4. The van der Waals surface area contributed by atoms with Gasteiger partial charge in [-0.05, 0) is 31.2 Å². The van der Waals surface area contributed by atoms with Crippen LogP contribution >= 0.6 is 0 Å². The first kappa shape index (κ1) is 18.9. The van der Waals surface area contributed by atoms with Gasteiger partial charge < -0.3 is 15.5 Å². The maximum atomic E-state index is 13.0. The van der Waals surface area contributed by atoms with Crippen LogP contribution in [0.25, 0.3) is 0 Å². The minimum atomic E-state index is 0.0201. The van der Waals surface area contributed by atoms with E-state index in [2.05, 4.69) is 15.5 Å². The van der Waals surface area contributed by atoms with Gasteiger partial charge in [-0.3, -0.25) is 14.5 Å². The summed E-state index contributed by atoms with van der Waals surface area (Å²) in [6.45, 7) is 5.60. The smallest absolute Gasteiger partial charge is 0.256 e. The maximum Gasteiger partial charge on any atom is 0.256 e. The number of piperazine rings is 1. The van der Waals surface area contributed by atoms with E-state index in [1.54, 1.807) is 0 Å². The molecule has 1 aliphatic rings. The van der Waals surface area contributed by atoms with Crippen molar-refractivity contribution in [3.05, 3.63) is 60.2 Å². The normalized spacial score (nSPS) is 14.6. The predicted molar refractivity (Wildman–Crippen MR) is 107 cm³/mol. The van der Waals surface area contributed by atoms with Crippen LogP contribution in [0.3, 0.4) is 0 Å². The monoisotopic (exact) mass is 366 g/mol.